The lowest BCUT2D eigenvalue weighted by Crippen LogP contribution is -2.03. The molecule has 0 fully saturated rings. The molecular weight excluding hydrogens is 334 g/mol. The molecule has 0 radical (unpaired) electrons. The Morgan fingerprint density at radius 1 is 1.12 bits per heavy atom. The van der Waals surface area contributed by atoms with E-state index in [9.17, 15) is 8.78 Å². The van der Waals surface area contributed by atoms with Crippen molar-refractivity contribution >= 4 is 16.6 Å². The van der Waals surface area contributed by atoms with Gasteiger partial charge in [-0.3, -0.25) is 4.98 Å². The predicted octanol–water partition coefficient (Wildman–Crippen LogP) is 4.96. The molecular formula is C20H20F2N4. The largest absolute Gasteiger partial charge is 0.342 e. The number of nitrogens with one attached hydrogen (secondary N) is 1. The molecule has 0 bridgehead atoms. The van der Waals surface area contributed by atoms with Crippen LogP contribution >= 0.6 is 0 Å². The maximum atomic E-state index is 14.1. The molecule has 1 atom stereocenters. The van der Waals surface area contributed by atoms with E-state index in [1.165, 1.54) is 0 Å². The van der Waals surface area contributed by atoms with E-state index >= 15 is 0 Å². The van der Waals surface area contributed by atoms with Crippen LogP contribution in [0.2, 0.25) is 0 Å². The van der Waals surface area contributed by atoms with Gasteiger partial charge in [-0.25, -0.2) is 18.7 Å². The first-order valence-corrected chi connectivity index (χ1v) is 8.61. The van der Waals surface area contributed by atoms with Crippen molar-refractivity contribution in [2.45, 2.75) is 26.2 Å². The van der Waals surface area contributed by atoms with Crippen molar-refractivity contribution in [3.05, 3.63) is 71.6 Å². The maximum absolute atomic E-state index is 14.1. The summed E-state index contributed by atoms with van der Waals surface area (Å²) in [6, 6.07) is 7.71. The number of nitrogens with zero attached hydrogens (tertiary/aromatic N) is 3. The first-order chi connectivity index (χ1) is 12.6. The van der Waals surface area contributed by atoms with E-state index in [1.54, 1.807) is 18.5 Å². The van der Waals surface area contributed by atoms with Gasteiger partial charge in [-0.1, -0.05) is 25.1 Å². The van der Waals surface area contributed by atoms with Crippen LogP contribution in [0.1, 0.15) is 32.0 Å². The summed E-state index contributed by atoms with van der Waals surface area (Å²) in [5, 5.41) is 0. The van der Waals surface area contributed by atoms with Crippen molar-refractivity contribution in [1.82, 2.24) is 19.9 Å². The lowest BCUT2D eigenvalue weighted by Gasteiger charge is -2.15. The first-order valence-electron chi connectivity index (χ1n) is 8.61. The molecule has 6 heteroatoms. The molecule has 3 aromatic rings. The average Bonchev–Trinajstić information content (AvgIpc) is 3.11. The minimum absolute atomic E-state index is 0. The summed E-state index contributed by atoms with van der Waals surface area (Å²) in [5.41, 5.74) is 3.34. The van der Waals surface area contributed by atoms with Crippen LogP contribution in [-0.4, -0.2) is 19.9 Å². The number of aromatic nitrogens is 4. The zero-order chi connectivity index (χ0) is 18.1. The number of allylic oxidation sites excluding steroid dienone is 4. The van der Waals surface area contributed by atoms with Crippen LogP contribution in [-0.2, 0) is 12.8 Å². The number of H-pyrrole nitrogens is 1. The molecule has 134 valence electrons. The molecule has 26 heavy (non-hydrogen) atoms. The molecule has 1 unspecified atom stereocenters. The third-order valence-corrected chi connectivity index (χ3v) is 4.46. The Balaban J connectivity index is 0.00000210. The lowest BCUT2D eigenvalue weighted by atomic mass is 9.95. The Labute approximate surface area is 151 Å². The molecule has 0 amide bonds. The molecule has 4 rings (SSSR count). The van der Waals surface area contributed by atoms with Gasteiger partial charge in [0.1, 0.15) is 11.7 Å². The van der Waals surface area contributed by atoms with Gasteiger partial charge in [0.25, 0.3) is 0 Å². The summed E-state index contributed by atoms with van der Waals surface area (Å²) in [7, 11) is 0. The molecule has 0 saturated carbocycles. The van der Waals surface area contributed by atoms with Gasteiger partial charge in [0.2, 0.25) is 0 Å². The van der Waals surface area contributed by atoms with Crippen LogP contribution in [0.3, 0.4) is 0 Å². The average molecular weight is 354 g/mol. The summed E-state index contributed by atoms with van der Waals surface area (Å²) in [4.78, 5) is 16.4. The molecule has 1 aromatic carbocycles. The molecule has 1 aliphatic carbocycles. The minimum atomic E-state index is -0.793. The highest BCUT2D eigenvalue weighted by Gasteiger charge is 2.22. The van der Waals surface area contributed by atoms with Crippen LogP contribution in [0.5, 0.6) is 0 Å². The quantitative estimate of drug-likeness (QED) is 0.720. The van der Waals surface area contributed by atoms with E-state index in [-0.39, 0.29) is 19.3 Å². The third-order valence-electron chi connectivity index (χ3n) is 4.46. The molecule has 2 aromatic heterocycles. The van der Waals surface area contributed by atoms with Gasteiger partial charge < -0.3 is 4.98 Å². The summed E-state index contributed by atoms with van der Waals surface area (Å²) in [6.45, 7) is 1.86. The minimum Gasteiger partial charge on any atom is -0.342 e. The Morgan fingerprint density at radius 2 is 1.92 bits per heavy atom. The highest BCUT2D eigenvalue weighted by atomic mass is 19.2. The maximum Gasteiger partial charge on any atom is 0.163 e. The molecule has 0 aliphatic heterocycles. The van der Waals surface area contributed by atoms with E-state index in [2.05, 4.69) is 19.9 Å². The Hall–Kier alpha value is -2.89. The van der Waals surface area contributed by atoms with Crippen molar-refractivity contribution in [3.8, 4) is 0 Å². The Bertz CT molecular complexity index is 1030. The first kappa shape index (κ1) is 16.6. The van der Waals surface area contributed by atoms with Crippen LogP contribution in [0.4, 0.5) is 8.78 Å². The summed E-state index contributed by atoms with van der Waals surface area (Å²) in [5.74, 6) is -0.817. The normalized spacial score (nSPS) is 17.7. The Kier molecular flexibility index (Phi) is 4.32. The summed E-state index contributed by atoms with van der Waals surface area (Å²) >= 11 is 0. The highest BCUT2D eigenvalue weighted by molar-refractivity contribution is 5.76. The van der Waals surface area contributed by atoms with Crippen LogP contribution in [0.25, 0.3) is 16.6 Å². The highest BCUT2D eigenvalue weighted by Crippen LogP contribution is 2.35. The standard InChI is InChI=1S/C20H18F2N4.H2/c1-12-8-14(20(22)15(21)9-12)18-11-24-19(26-18)7-6-13-10-23-16-4-2-3-5-17(16)25-13;/h2-5,8,10-12H,6-7,9H2,1H3,(H,24,26);1H. The second-order valence-electron chi connectivity index (χ2n) is 6.57. The van der Waals surface area contributed by atoms with E-state index < -0.39 is 11.7 Å². The van der Waals surface area contributed by atoms with Crippen molar-refractivity contribution in [1.29, 1.82) is 0 Å². The van der Waals surface area contributed by atoms with Gasteiger partial charge in [0, 0.05) is 26.0 Å². The van der Waals surface area contributed by atoms with Crippen molar-refractivity contribution in [2.75, 3.05) is 0 Å². The number of hydrogen-bond donors (Lipinski definition) is 1. The fourth-order valence-corrected chi connectivity index (χ4v) is 3.13. The Morgan fingerprint density at radius 3 is 2.77 bits per heavy atom. The molecule has 0 saturated heterocycles. The fraction of sp³-hybridized carbons (Fsp3) is 0.250. The zero-order valence-corrected chi connectivity index (χ0v) is 14.3. The van der Waals surface area contributed by atoms with Gasteiger partial charge in [-0.05, 0) is 24.5 Å². The number of aryl methyl sites for hydroxylation is 2. The zero-order valence-electron chi connectivity index (χ0n) is 14.3. The van der Waals surface area contributed by atoms with Gasteiger partial charge in [-0.15, -0.1) is 0 Å². The third kappa shape index (κ3) is 3.27. The summed E-state index contributed by atoms with van der Waals surface area (Å²) < 4.78 is 27.8. The number of aromatic amines is 1. The van der Waals surface area contributed by atoms with Gasteiger partial charge in [0.05, 0.1) is 28.6 Å². The van der Waals surface area contributed by atoms with Gasteiger partial charge >= 0.3 is 0 Å². The van der Waals surface area contributed by atoms with Crippen LogP contribution in [0.15, 0.2) is 54.4 Å². The number of para-hydroxylation sites is 2. The molecule has 2 heterocycles. The molecule has 4 nitrogen and oxygen atoms in total. The smallest absolute Gasteiger partial charge is 0.163 e. The van der Waals surface area contributed by atoms with E-state index in [4.69, 9.17) is 0 Å². The van der Waals surface area contributed by atoms with Gasteiger partial charge in [-0.2, -0.15) is 0 Å². The van der Waals surface area contributed by atoms with Crippen LogP contribution < -0.4 is 0 Å². The monoisotopic (exact) mass is 354 g/mol. The number of hydrogen-bond acceptors (Lipinski definition) is 3. The second-order valence-corrected chi connectivity index (χ2v) is 6.57. The van der Waals surface area contributed by atoms with E-state index in [1.807, 2.05) is 31.2 Å². The van der Waals surface area contributed by atoms with E-state index in [0.29, 0.717) is 24.4 Å². The van der Waals surface area contributed by atoms with Crippen molar-refractivity contribution < 1.29 is 10.2 Å². The number of fused-ring (bicyclic) bond motifs is 1. The molecule has 0 spiro atoms. The number of halogens is 2. The van der Waals surface area contributed by atoms with Crippen molar-refractivity contribution in [2.24, 2.45) is 5.92 Å². The van der Waals surface area contributed by atoms with Crippen molar-refractivity contribution in [3.63, 3.8) is 0 Å². The lowest BCUT2D eigenvalue weighted by molar-refractivity contribution is 0.485. The number of rotatable bonds is 4. The SMILES string of the molecule is CC1C=C(c2cnc(CCc3cnc4ccccc4n3)[nH]2)C(F)=C(F)C1.[HH]. The van der Waals surface area contributed by atoms with E-state index in [0.717, 1.165) is 16.7 Å². The number of benzene rings is 1. The number of imidazole rings is 1. The fourth-order valence-electron chi connectivity index (χ4n) is 3.13. The predicted molar refractivity (Wildman–Crippen MR) is 98.6 cm³/mol. The summed E-state index contributed by atoms with van der Waals surface area (Å²) in [6.07, 6.45) is 6.44. The molecule has 1 N–H and O–H groups in total. The second kappa shape index (κ2) is 6.78. The topological polar surface area (TPSA) is 54.5 Å². The molecule has 1 aliphatic rings. The van der Waals surface area contributed by atoms with Gasteiger partial charge in [0.15, 0.2) is 5.83 Å². The van der Waals surface area contributed by atoms with Crippen LogP contribution in [0, 0.1) is 5.92 Å².